The van der Waals surface area contributed by atoms with Crippen LogP contribution in [0.15, 0.2) is 121 Å². The number of fused-ring (bicyclic) bond motifs is 6. The van der Waals surface area contributed by atoms with Crippen LogP contribution in [0.2, 0.25) is 0 Å². The molecule has 9 rings (SSSR count). The number of rotatable bonds is 27. The molecule has 0 nitrogen and oxygen atoms in total. The molecule has 0 saturated heterocycles. The van der Waals surface area contributed by atoms with Gasteiger partial charge in [0.15, 0.2) is 0 Å². The summed E-state index contributed by atoms with van der Waals surface area (Å²) >= 11 is 4.01. The summed E-state index contributed by atoms with van der Waals surface area (Å²) in [5, 5.41) is 0. The Morgan fingerprint density at radius 3 is 0.808 bits per heavy atom. The van der Waals surface area contributed by atoms with Crippen LogP contribution in [0.3, 0.4) is 0 Å². The van der Waals surface area contributed by atoms with Gasteiger partial charge in [-0.25, -0.2) is 0 Å². The number of hydrogen-bond acceptors (Lipinski definition) is 2. The van der Waals surface area contributed by atoms with Crippen molar-refractivity contribution in [3.8, 4) is 20.9 Å². The van der Waals surface area contributed by atoms with Crippen molar-refractivity contribution in [2.24, 2.45) is 0 Å². The molecule has 6 atom stereocenters. The summed E-state index contributed by atoms with van der Waals surface area (Å²) in [6.07, 6.45) is 25.2. The molecular weight excluding hydrogens is 1170 g/mol. The van der Waals surface area contributed by atoms with E-state index in [4.69, 9.17) is 0 Å². The van der Waals surface area contributed by atoms with Gasteiger partial charge in [0.2, 0.25) is 0 Å². The van der Waals surface area contributed by atoms with E-state index in [2.05, 4.69) is 216 Å². The highest BCUT2D eigenvalue weighted by molar-refractivity contribution is 9.16. The van der Waals surface area contributed by atoms with Crippen LogP contribution in [0.4, 0.5) is 0 Å². The second-order valence-electron chi connectivity index (χ2n) is 22.1. The van der Waals surface area contributed by atoms with Gasteiger partial charge in [0.1, 0.15) is 0 Å². The van der Waals surface area contributed by atoms with Crippen molar-refractivity contribution < 1.29 is 0 Å². The maximum Gasteiger partial charge on any atom is 0.0722 e. The van der Waals surface area contributed by atoms with E-state index < -0.39 is 10.8 Å². The molecule has 78 heavy (non-hydrogen) atoms. The first kappa shape index (κ1) is 63.8. The standard InChI is InChI=1S/C66H78S2.H12P10/c1-7-11-15-19-23-49-27-35-53(36-28-49)65(54-37-29-50(30-38-54)24-20-16-12-8-2)59-45-58-60(46-57(59)63-61(65)43-47(5)67-63)66(62-44-48(6)68-64(58)62,55-39-31-51(32-40-55)25-21-17-13-9-3)56-41-33-52(34-42-56)26-22-18-14-10-4;1-7(2)10(8(3)4)9(5)6/h27-46H,7-26H2,1-6H3;1-6H2. The zero-order valence-corrected chi connectivity index (χ0v) is 59.9. The van der Waals surface area contributed by atoms with Crippen molar-refractivity contribution in [3.63, 3.8) is 0 Å². The van der Waals surface area contributed by atoms with Crippen molar-refractivity contribution in [3.05, 3.63) is 198 Å². The summed E-state index contributed by atoms with van der Waals surface area (Å²) in [6, 6.07) is 50.2. The third-order valence-corrected chi connectivity index (χ3v) is 68.2. The zero-order valence-electron chi connectivity index (χ0n) is 47.8. The molecule has 2 aliphatic carbocycles. The average molecular weight is 1260 g/mol. The van der Waals surface area contributed by atoms with Crippen molar-refractivity contribution >= 4 is 104 Å². The number of unbranched alkanes of at least 4 members (excludes halogenated alkanes) is 12. The van der Waals surface area contributed by atoms with Gasteiger partial charge in [0, 0.05) is 19.5 Å². The number of benzene rings is 5. The molecule has 2 aromatic heterocycles. The number of aryl methyl sites for hydroxylation is 6. The molecule has 7 aromatic rings. The monoisotopic (exact) mass is 1260 g/mol. The maximum absolute atomic E-state index is 2.95. The van der Waals surface area contributed by atoms with E-state index >= 15 is 0 Å². The van der Waals surface area contributed by atoms with Crippen molar-refractivity contribution in [1.29, 1.82) is 0 Å². The van der Waals surface area contributed by atoms with Crippen LogP contribution < -0.4 is 0 Å². The Bertz CT molecular complexity index is 2650. The number of thiophene rings is 2. The molecule has 0 saturated carbocycles. The highest BCUT2D eigenvalue weighted by Gasteiger charge is 2.52. The SMILES string of the molecule is CCCCCCc1ccc(C2(c3ccc(CCCCCC)cc3)c3cc4c(cc3-c3sc(C)cc32)C(c2ccc(CCCCCC)cc2)(c2ccc(CCCCCC)cc2)c2cc(C)sc2-4)cc1.PP(P)P(P(P)P)P(P)P. The van der Waals surface area contributed by atoms with Crippen LogP contribution in [0.1, 0.15) is 207 Å². The molecule has 416 valence electrons. The Hall–Kier alpha value is -0.200. The summed E-state index contributed by atoms with van der Waals surface area (Å²) < 4.78 is 0. The first-order chi connectivity index (χ1) is 37.8. The Kier molecular flexibility index (Phi) is 25.2. The topological polar surface area (TPSA) is 0 Å². The van der Waals surface area contributed by atoms with Crippen molar-refractivity contribution in [1.82, 2.24) is 0 Å². The van der Waals surface area contributed by atoms with Crippen LogP contribution in [-0.2, 0) is 36.5 Å². The third kappa shape index (κ3) is 14.4. The smallest absolute Gasteiger partial charge is 0.0722 e. The zero-order chi connectivity index (χ0) is 55.4. The largest absolute Gasteiger partial charge is 0.140 e. The first-order valence-corrected chi connectivity index (χ1v) is 48.1. The maximum atomic E-state index is 2.95. The van der Waals surface area contributed by atoms with Gasteiger partial charge in [-0.2, -0.15) is 0 Å². The molecule has 2 heterocycles. The normalized spacial score (nSPS) is 13.8. The molecule has 0 aliphatic heterocycles. The van der Waals surface area contributed by atoms with Gasteiger partial charge in [-0.15, -0.1) is 76.2 Å². The first-order valence-electron chi connectivity index (χ1n) is 29.3. The lowest BCUT2D eigenvalue weighted by Gasteiger charge is -2.35. The minimum absolute atomic E-state index is 0.130. The van der Waals surface area contributed by atoms with Gasteiger partial charge >= 0.3 is 0 Å². The lowest BCUT2D eigenvalue weighted by Crippen LogP contribution is -2.30. The van der Waals surface area contributed by atoms with Crippen LogP contribution in [-0.4, -0.2) is 0 Å². The van der Waals surface area contributed by atoms with E-state index in [1.54, 1.807) is 0 Å². The Labute approximate surface area is 499 Å². The summed E-state index contributed by atoms with van der Waals surface area (Å²) in [4.78, 5) is 5.65. The van der Waals surface area contributed by atoms with E-state index in [0.29, 0.717) is 0 Å². The van der Waals surface area contributed by atoms with Crippen molar-refractivity contribution in [2.75, 3.05) is 0 Å². The summed E-state index contributed by atoms with van der Waals surface area (Å²) in [6.45, 7) is 14.5. The van der Waals surface area contributed by atoms with E-state index in [9.17, 15) is 0 Å². The molecule has 0 fully saturated rings. The second-order valence-corrected chi connectivity index (χ2v) is 61.2. The molecule has 12 heteroatoms. The van der Waals surface area contributed by atoms with Gasteiger partial charge in [0.25, 0.3) is 0 Å². The summed E-state index contributed by atoms with van der Waals surface area (Å²) in [5.74, 6) is 0. The predicted octanol–water partition coefficient (Wildman–Crippen LogP) is 25.0. The molecular formula is C66H90P10S2. The highest BCUT2D eigenvalue weighted by atomic mass is 33.2. The second kappa shape index (κ2) is 30.7. The Morgan fingerprint density at radius 2 is 0.590 bits per heavy atom. The lowest BCUT2D eigenvalue weighted by molar-refractivity contribution is 0.666. The average Bonchev–Trinajstić information content (AvgIpc) is 2.95. The fourth-order valence-electron chi connectivity index (χ4n) is 12.5. The van der Waals surface area contributed by atoms with Gasteiger partial charge in [0.05, 0.1) is 10.8 Å². The lowest BCUT2D eigenvalue weighted by atomic mass is 9.65. The molecule has 5 aromatic carbocycles. The predicted molar refractivity (Wildman–Crippen MR) is 384 cm³/mol. The van der Waals surface area contributed by atoms with Crippen LogP contribution in [0.5, 0.6) is 0 Å². The molecule has 0 amide bonds. The highest BCUT2D eigenvalue weighted by Crippen LogP contribution is 3.10. The number of hydrogen-bond donors (Lipinski definition) is 0. The molecule has 2 aliphatic rings. The molecule has 0 radical (unpaired) electrons. The van der Waals surface area contributed by atoms with Crippen LogP contribution >= 0.6 is 104 Å². The van der Waals surface area contributed by atoms with E-state index in [0.717, 1.165) is 25.7 Å². The minimum Gasteiger partial charge on any atom is -0.140 e. The van der Waals surface area contributed by atoms with E-state index in [1.807, 2.05) is 22.7 Å². The molecule has 0 N–H and O–H groups in total. The molecule has 0 spiro atoms. The van der Waals surface area contributed by atoms with Gasteiger partial charge in [-0.1, -0.05) is 202 Å². The summed E-state index contributed by atoms with van der Waals surface area (Å²) in [7, 11) is 17.7. The van der Waals surface area contributed by atoms with Crippen LogP contribution in [0, 0.1) is 13.8 Å². The van der Waals surface area contributed by atoms with Crippen LogP contribution in [0.25, 0.3) is 20.9 Å². The van der Waals surface area contributed by atoms with Crippen molar-refractivity contribution in [2.45, 2.75) is 181 Å². The van der Waals surface area contributed by atoms with Gasteiger partial charge in [-0.3, -0.25) is 0 Å². The quantitative estimate of drug-likeness (QED) is 0.0356. The fraction of sp³-hybridized carbons (Fsp3) is 0.424. The van der Waals surface area contributed by atoms with Gasteiger partial charge < -0.3 is 0 Å². The minimum atomic E-state index is -0.428. The van der Waals surface area contributed by atoms with E-state index in [1.165, 1.54) is 200 Å². The Balaban J connectivity index is 0.000000730. The third-order valence-electron chi connectivity index (χ3n) is 16.4. The summed E-state index contributed by atoms with van der Waals surface area (Å²) in [5.41, 5.74) is 19.2. The van der Waals surface area contributed by atoms with Gasteiger partial charge in [-0.05, 0) is 195 Å². The Morgan fingerprint density at radius 1 is 0.333 bits per heavy atom. The molecule has 6 unspecified atom stereocenters. The molecule has 0 bridgehead atoms. The van der Waals surface area contributed by atoms with E-state index in [-0.39, 0.29) is 27.9 Å². The fourth-order valence-corrected chi connectivity index (χ4v) is 101.